The highest BCUT2D eigenvalue weighted by Crippen LogP contribution is 2.41. The Morgan fingerprint density at radius 3 is 2.71 bits per heavy atom. The van der Waals surface area contributed by atoms with Crippen LogP contribution in [0.25, 0.3) is 5.69 Å². The Morgan fingerprint density at radius 1 is 1.24 bits per heavy atom. The summed E-state index contributed by atoms with van der Waals surface area (Å²) in [6.07, 6.45) is 4.37. The predicted molar refractivity (Wildman–Crippen MR) is 130 cm³/mol. The SMILES string of the molecule is Cc1c(C#N)c(NC(=O)CSc2nnc(C3CC3)n2-c2ccccc2)n(CC2CCCO2)c1C. The van der Waals surface area contributed by atoms with Crippen LogP contribution < -0.4 is 5.32 Å². The zero-order chi connectivity index (χ0) is 23.7. The number of nitriles is 1. The second-order valence-electron chi connectivity index (χ2n) is 8.91. The van der Waals surface area contributed by atoms with Gasteiger partial charge in [0.2, 0.25) is 5.91 Å². The van der Waals surface area contributed by atoms with E-state index in [2.05, 4.69) is 26.2 Å². The van der Waals surface area contributed by atoms with E-state index in [9.17, 15) is 10.1 Å². The van der Waals surface area contributed by atoms with Crippen molar-refractivity contribution < 1.29 is 9.53 Å². The van der Waals surface area contributed by atoms with Crippen molar-refractivity contribution in [3.05, 3.63) is 53.0 Å². The third-order valence-corrected chi connectivity index (χ3v) is 7.49. The number of para-hydroxylation sites is 1. The average molecular weight is 477 g/mol. The standard InChI is InChI=1S/C25H28N6O2S/c1-16-17(2)30(14-20-9-6-12-33-20)24(21(16)13-26)27-22(32)15-34-25-29-28-23(18-10-11-18)31(25)19-7-4-3-5-8-19/h3-5,7-8,18,20H,6,9-12,14-15H2,1-2H3,(H,27,32). The molecule has 2 fully saturated rings. The molecular weight excluding hydrogens is 448 g/mol. The Hall–Kier alpha value is -3.09. The number of nitrogens with one attached hydrogen (secondary N) is 1. The Morgan fingerprint density at radius 2 is 2.03 bits per heavy atom. The highest BCUT2D eigenvalue weighted by atomic mass is 32.2. The van der Waals surface area contributed by atoms with Gasteiger partial charge in [0.05, 0.1) is 24.0 Å². The minimum Gasteiger partial charge on any atom is -0.376 e. The maximum Gasteiger partial charge on any atom is 0.235 e. The third-order valence-electron chi connectivity index (χ3n) is 6.56. The number of benzene rings is 1. The number of rotatable bonds is 8. The summed E-state index contributed by atoms with van der Waals surface area (Å²) in [5.74, 6) is 1.94. The summed E-state index contributed by atoms with van der Waals surface area (Å²) in [4.78, 5) is 13.0. The summed E-state index contributed by atoms with van der Waals surface area (Å²) in [5.41, 5.74) is 3.38. The number of hydrogen-bond acceptors (Lipinski definition) is 6. The van der Waals surface area contributed by atoms with Crippen LogP contribution in [0.4, 0.5) is 5.82 Å². The molecule has 8 nitrogen and oxygen atoms in total. The van der Waals surface area contributed by atoms with E-state index in [0.29, 0.717) is 29.0 Å². The fraction of sp³-hybridized carbons (Fsp3) is 0.440. The van der Waals surface area contributed by atoms with Gasteiger partial charge in [-0.3, -0.25) is 9.36 Å². The van der Waals surface area contributed by atoms with Crippen LogP contribution in [0.1, 0.15) is 54.2 Å². The van der Waals surface area contributed by atoms with E-state index in [1.807, 2.05) is 48.7 Å². The molecule has 1 aliphatic heterocycles. The summed E-state index contributed by atoms with van der Waals surface area (Å²) in [6, 6.07) is 12.3. The van der Waals surface area contributed by atoms with Crippen molar-refractivity contribution in [1.29, 1.82) is 5.26 Å². The molecule has 2 aromatic heterocycles. The largest absolute Gasteiger partial charge is 0.376 e. The van der Waals surface area contributed by atoms with Crippen LogP contribution in [0.15, 0.2) is 35.5 Å². The van der Waals surface area contributed by atoms with Crippen LogP contribution in [0.3, 0.4) is 0 Å². The maximum atomic E-state index is 13.0. The second-order valence-corrected chi connectivity index (χ2v) is 9.86. The topological polar surface area (TPSA) is 97.8 Å². The Labute approximate surface area is 203 Å². The molecule has 34 heavy (non-hydrogen) atoms. The van der Waals surface area contributed by atoms with Gasteiger partial charge in [0.15, 0.2) is 5.16 Å². The smallest absolute Gasteiger partial charge is 0.235 e. The highest BCUT2D eigenvalue weighted by Gasteiger charge is 2.31. The molecule has 1 saturated heterocycles. The summed E-state index contributed by atoms with van der Waals surface area (Å²) in [7, 11) is 0. The number of carbonyl (C=O) groups is 1. The number of nitrogens with zero attached hydrogens (tertiary/aromatic N) is 5. The van der Waals surface area contributed by atoms with Crippen molar-refractivity contribution in [2.75, 3.05) is 17.7 Å². The van der Waals surface area contributed by atoms with Gasteiger partial charge in [-0.15, -0.1) is 10.2 Å². The molecule has 1 unspecified atom stereocenters. The third kappa shape index (κ3) is 4.48. The van der Waals surface area contributed by atoms with E-state index in [1.165, 1.54) is 11.8 Å². The minimum absolute atomic E-state index is 0.104. The Kier molecular flexibility index (Phi) is 6.44. The lowest BCUT2D eigenvalue weighted by molar-refractivity contribution is -0.113. The molecule has 2 aliphatic rings. The first-order valence-electron chi connectivity index (χ1n) is 11.7. The zero-order valence-electron chi connectivity index (χ0n) is 19.5. The van der Waals surface area contributed by atoms with Crippen LogP contribution in [-0.2, 0) is 16.1 Å². The number of anilines is 1. The number of thioether (sulfide) groups is 1. The molecule has 1 N–H and O–H groups in total. The molecule has 176 valence electrons. The lowest BCUT2D eigenvalue weighted by Crippen LogP contribution is -2.22. The monoisotopic (exact) mass is 476 g/mol. The van der Waals surface area contributed by atoms with Crippen LogP contribution in [0.2, 0.25) is 0 Å². The summed E-state index contributed by atoms with van der Waals surface area (Å²) >= 11 is 1.36. The first-order chi connectivity index (χ1) is 16.6. The van der Waals surface area contributed by atoms with Gasteiger partial charge in [-0.25, -0.2) is 0 Å². The van der Waals surface area contributed by atoms with Gasteiger partial charge in [-0.1, -0.05) is 30.0 Å². The van der Waals surface area contributed by atoms with Crippen LogP contribution in [0.5, 0.6) is 0 Å². The van der Waals surface area contributed by atoms with Crippen molar-refractivity contribution in [1.82, 2.24) is 19.3 Å². The molecule has 1 saturated carbocycles. The van der Waals surface area contributed by atoms with Gasteiger partial charge in [0.1, 0.15) is 17.7 Å². The minimum atomic E-state index is -0.178. The number of carbonyl (C=O) groups excluding carboxylic acids is 1. The first kappa shape index (κ1) is 22.7. The van der Waals surface area contributed by atoms with Crippen LogP contribution >= 0.6 is 11.8 Å². The molecule has 9 heteroatoms. The molecule has 1 aromatic carbocycles. The second kappa shape index (κ2) is 9.65. The Bertz CT molecular complexity index is 1230. The van der Waals surface area contributed by atoms with E-state index in [0.717, 1.165) is 55.1 Å². The number of amides is 1. The van der Waals surface area contributed by atoms with Gasteiger partial charge in [-0.05, 0) is 57.2 Å². The lowest BCUT2D eigenvalue weighted by Gasteiger charge is -2.17. The molecule has 3 aromatic rings. The molecule has 1 amide bonds. The molecule has 0 bridgehead atoms. The van der Waals surface area contributed by atoms with Gasteiger partial charge < -0.3 is 14.6 Å². The highest BCUT2D eigenvalue weighted by molar-refractivity contribution is 7.99. The fourth-order valence-corrected chi connectivity index (χ4v) is 5.21. The maximum absolute atomic E-state index is 13.0. The first-order valence-corrected chi connectivity index (χ1v) is 12.7. The van der Waals surface area contributed by atoms with Crippen molar-refractivity contribution in [3.63, 3.8) is 0 Å². The van der Waals surface area contributed by atoms with Gasteiger partial charge in [0, 0.05) is 23.9 Å². The van der Waals surface area contributed by atoms with E-state index < -0.39 is 0 Å². The van der Waals surface area contributed by atoms with Crippen LogP contribution in [0, 0.1) is 25.2 Å². The molecule has 0 radical (unpaired) electrons. The zero-order valence-corrected chi connectivity index (χ0v) is 20.3. The normalized spacial score (nSPS) is 17.6. The van der Waals surface area contributed by atoms with E-state index in [-0.39, 0.29) is 17.8 Å². The van der Waals surface area contributed by atoms with Gasteiger partial charge >= 0.3 is 0 Å². The van der Waals surface area contributed by atoms with Crippen molar-refractivity contribution in [2.24, 2.45) is 0 Å². The molecular formula is C25H28N6O2S. The fourth-order valence-electron chi connectivity index (χ4n) is 4.45. The predicted octanol–water partition coefficient (Wildman–Crippen LogP) is 4.34. The van der Waals surface area contributed by atoms with Crippen molar-refractivity contribution in [2.45, 2.75) is 63.3 Å². The quantitative estimate of drug-likeness (QED) is 0.486. The summed E-state index contributed by atoms with van der Waals surface area (Å²) < 4.78 is 9.88. The Balaban J connectivity index is 1.34. The molecule has 5 rings (SSSR count). The van der Waals surface area contributed by atoms with Gasteiger partial charge in [-0.2, -0.15) is 5.26 Å². The van der Waals surface area contributed by atoms with Crippen molar-refractivity contribution >= 4 is 23.5 Å². The van der Waals surface area contributed by atoms with Gasteiger partial charge in [0.25, 0.3) is 0 Å². The van der Waals surface area contributed by atoms with Crippen LogP contribution in [-0.4, -0.2) is 43.7 Å². The number of aromatic nitrogens is 4. The van der Waals surface area contributed by atoms with E-state index in [4.69, 9.17) is 4.74 Å². The molecule has 1 aliphatic carbocycles. The lowest BCUT2D eigenvalue weighted by atomic mass is 10.2. The van der Waals surface area contributed by atoms with E-state index in [1.54, 1.807) is 0 Å². The number of ether oxygens (including phenoxy) is 1. The molecule has 1 atom stereocenters. The van der Waals surface area contributed by atoms with E-state index >= 15 is 0 Å². The summed E-state index contributed by atoms with van der Waals surface area (Å²) in [5, 5.41) is 22.3. The summed E-state index contributed by atoms with van der Waals surface area (Å²) in [6.45, 7) is 5.30. The molecule has 0 spiro atoms. The van der Waals surface area contributed by atoms with Crippen molar-refractivity contribution in [3.8, 4) is 11.8 Å². The molecule has 3 heterocycles. The number of hydrogen-bond donors (Lipinski definition) is 1. The average Bonchev–Trinajstić information content (AvgIpc) is 3.31.